The van der Waals surface area contributed by atoms with Crippen molar-refractivity contribution in [3.05, 3.63) is 0 Å². The lowest BCUT2D eigenvalue weighted by Crippen LogP contribution is -2.37. The first kappa shape index (κ1) is 13.2. The summed E-state index contributed by atoms with van der Waals surface area (Å²) in [5.74, 6) is 0.489. The third-order valence-corrected chi connectivity index (χ3v) is 3.73. The first-order valence-corrected chi connectivity index (χ1v) is 6.82. The highest BCUT2D eigenvalue weighted by atomic mass is 35.5. The Hall–Kier alpha value is 0.200. The molecule has 0 amide bonds. The monoisotopic (exact) mass is 227 g/mol. The molecule has 0 fully saturated rings. The van der Waals surface area contributed by atoms with Crippen LogP contribution in [0.2, 0.25) is 0 Å². The van der Waals surface area contributed by atoms with E-state index < -0.39 is 10.0 Å². The molecule has 3 nitrogen and oxygen atoms in total. The van der Waals surface area contributed by atoms with E-state index in [4.69, 9.17) is 11.6 Å². The normalized spacial score (nSPS) is 13.2. The molecule has 0 saturated carbocycles. The average Bonchev–Trinajstić information content (AvgIpc) is 2.06. The van der Waals surface area contributed by atoms with E-state index in [1.54, 1.807) is 0 Å². The Bertz CT molecular complexity index is 226. The van der Waals surface area contributed by atoms with E-state index >= 15 is 0 Å². The maximum Gasteiger partial charge on any atom is 0.208 e. The summed E-state index contributed by atoms with van der Waals surface area (Å²) in [6, 6.07) is 0. The molecule has 0 aromatic heterocycles. The summed E-state index contributed by atoms with van der Waals surface area (Å²) >= 11 is 5.82. The molecule has 0 radical (unpaired) electrons. The lowest BCUT2D eigenvalue weighted by Gasteiger charge is -2.28. The average molecular weight is 228 g/mol. The minimum atomic E-state index is -3.10. The second kappa shape index (κ2) is 5.17. The van der Waals surface area contributed by atoms with Crippen LogP contribution in [0.15, 0.2) is 0 Å². The molecule has 5 heteroatoms. The Morgan fingerprint density at radius 1 is 1.31 bits per heavy atom. The molecule has 0 aliphatic heterocycles. The number of sulfonamides is 1. The molecular formula is C8H18ClNO2S. The third-order valence-electron chi connectivity index (χ3n) is 2.49. The van der Waals surface area contributed by atoms with Crippen molar-refractivity contribution in [2.45, 2.75) is 26.7 Å². The van der Waals surface area contributed by atoms with E-state index in [-0.39, 0.29) is 5.41 Å². The number of halogens is 1. The molecule has 1 N–H and O–H groups in total. The fraction of sp³-hybridized carbons (Fsp3) is 1.00. The number of alkyl halides is 1. The Morgan fingerprint density at radius 3 is 2.00 bits per heavy atom. The van der Waals surface area contributed by atoms with Crippen LogP contribution in [-0.4, -0.2) is 27.1 Å². The van der Waals surface area contributed by atoms with E-state index in [2.05, 4.69) is 4.72 Å². The van der Waals surface area contributed by atoms with Gasteiger partial charge in [0.2, 0.25) is 10.0 Å². The molecule has 0 aromatic rings. The second-order valence-electron chi connectivity index (χ2n) is 3.43. The number of hydrogen-bond donors (Lipinski definition) is 1. The first-order chi connectivity index (χ1) is 5.89. The highest BCUT2D eigenvalue weighted by Crippen LogP contribution is 2.26. The predicted molar refractivity (Wildman–Crippen MR) is 56.6 cm³/mol. The Balaban J connectivity index is 4.27. The van der Waals surface area contributed by atoms with Crippen LogP contribution >= 0.6 is 11.6 Å². The Morgan fingerprint density at radius 2 is 1.77 bits per heavy atom. The lowest BCUT2D eigenvalue weighted by molar-refractivity contribution is 0.305. The van der Waals surface area contributed by atoms with Crippen molar-refractivity contribution >= 4 is 21.6 Å². The number of hydrogen-bond acceptors (Lipinski definition) is 2. The Kier molecular flexibility index (Phi) is 5.25. The zero-order valence-electron chi connectivity index (χ0n) is 8.43. The third kappa shape index (κ3) is 4.84. The van der Waals surface area contributed by atoms with Gasteiger partial charge < -0.3 is 0 Å². The van der Waals surface area contributed by atoms with Crippen LogP contribution in [0.3, 0.4) is 0 Å². The summed E-state index contributed by atoms with van der Waals surface area (Å²) in [6.07, 6.45) is 2.93. The first-order valence-electron chi connectivity index (χ1n) is 4.39. The van der Waals surface area contributed by atoms with Gasteiger partial charge in [-0.15, -0.1) is 11.6 Å². The number of rotatable bonds is 6. The minimum absolute atomic E-state index is 0.0926. The summed E-state index contributed by atoms with van der Waals surface area (Å²) in [5, 5.41) is 0. The van der Waals surface area contributed by atoms with Crippen molar-refractivity contribution in [2.24, 2.45) is 5.41 Å². The molecule has 0 unspecified atom stereocenters. The topological polar surface area (TPSA) is 46.2 Å². The summed E-state index contributed by atoms with van der Waals surface area (Å²) < 4.78 is 24.2. The minimum Gasteiger partial charge on any atom is -0.215 e. The fourth-order valence-corrected chi connectivity index (χ4v) is 2.06. The molecule has 0 saturated heterocycles. The summed E-state index contributed by atoms with van der Waals surface area (Å²) in [5.41, 5.74) is -0.0926. The SMILES string of the molecule is CCC(CC)(CCl)CNS(C)(=O)=O. The van der Waals surface area contributed by atoms with Crippen molar-refractivity contribution in [3.63, 3.8) is 0 Å². The molecule has 0 aliphatic rings. The molecular weight excluding hydrogens is 210 g/mol. The maximum atomic E-state index is 10.9. The molecule has 80 valence electrons. The van der Waals surface area contributed by atoms with Crippen LogP contribution in [0.4, 0.5) is 0 Å². The van der Waals surface area contributed by atoms with Gasteiger partial charge in [-0.05, 0) is 18.3 Å². The van der Waals surface area contributed by atoms with Gasteiger partial charge in [0.15, 0.2) is 0 Å². The zero-order chi connectivity index (χ0) is 10.5. The second-order valence-corrected chi connectivity index (χ2v) is 5.53. The molecule has 13 heavy (non-hydrogen) atoms. The van der Waals surface area contributed by atoms with Gasteiger partial charge in [-0.3, -0.25) is 0 Å². The highest BCUT2D eigenvalue weighted by Gasteiger charge is 2.25. The van der Waals surface area contributed by atoms with E-state index in [0.29, 0.717) is 12.4 Å². The van der Waals surface area contributed by atoms with Crippen LogP contribution in [-0.2, 0) is 10.0 Å². The predicted octanol–water partition coefficient (Wildman–Crippen LogP) is 1.58. The van der Waals surface area contributed by atoms with Gasteiger partial charge in [-0.2, -0.15) is 0 Å². The van der Waals surface area contributed by atoms with Crippen LogP contribution in [0.1, 0.15) is 26.7 Å². The molecule has 0 heterocycles. The van der Waals surface area contributed by atoms with E-state index in [1.165, 1.54) is 0 Å². The smallest absolute Gasteiger partial charge is 0.208 e. The molecule has 0 bridgehead atoms. The van der Waals surface area contributed by atoms with Crippen LogP contribution < -0.4 is 4.72 Å². The summed E-state index contributed by atoms with van der Waals surface area (Å²) in [6.45, 7) is 4.48. The zero-order valence-corrected chi connectivity index (χ0v) is 10.0. The largest absolute Gasteiger partial charge is 0.215 e. The van der Waals surface area contributed by atoms with Crippen LogP contribution in [0.5, 0.6) is 0 Å². The Labute approximate surface area is 85.9 Å². The standard InChI is InChI=1S/C8H18ClNO2S/c1-4-8(5-2,6-9)7-10-13(3,11)12/h10H,4-7H2,1-3H3. The van der Waals surface area contributed by atoms with Gasteiger partial charge in [0.1, 0.15) is 0 Å². The number of nitrogens with one attached hydrogen (secondary N) is 1. The van der Waals surface area contributed by atoms with Gasteiger partial charge in [0, 0.05) is 12.4 Å². The highest BCUT2D eigenvalue weighted by molar-refractivity contribution is 7.88. The van der Waals surface area contributed by atoms with Crippen molar-refractivity contribution in [3.8, 4) is 0 Å². The molecule has 0 rings (SSSR count). The van der Waals surface area contributed by atoms with Gasteiger partial charge in [-0.25, -0.2) is 13.1 Å². The van der Waals surface area contributed by atoms with E-state index in [1.807, 2.05) is 13.8 Å². The summed E-state index contributed by atoms with van der Waals surface area (Å²) in [7, 11) is -3.10. The van der Waals surface area contributed by atoms with Crippen LogP contribution in [0, 0.1) is 5.41 Å². The molecule has 0 aromatic carbocycles. The molecule has 0 atom stereocenters. The molecule has 0 aliphatic carbocycles. The van der Waals surface area contributed by atoms with Crippen molar-refractivity contribution in [1.82, 2.24) is 4.72 Å². The summed E-state index contributed by atoms with van der Waals surface area (Å²) in [4.78, 5) is 0. The molecule has 0 spiro atoms. The van der Waals surface area contributed by atoms with Gasteiger partial charge in [0.05, 0.1) is 6.26 Å². The van der Waals surface area contributed by atoms with Crippen molar-refractivity contribution < 1.29 is 8.42 Å². The van der Waals surface area contributed by atoms with Crippen molar-refractivity contribution in [1.29, 1.82) is 0 Å². The van der Waals surface area contributed by atoms with Crippen molar-refractivity contribution in [2.75, 3.05) is 18.7 Å². The lowest BCUT2D eigenvalue weighted by atomic mass is 9.85. The van der Waals surface area contributed by atoms with Crippen LogP contribution in [0.25, 0.3) is 0 Å². The van der Waals surface area contributed by atoms with E-state index in [9.17, 15) is 8.42 Å². The quantitative estimate of drug-likeness (QED) is 0.701. The fourth-order valence-electron chi connectivity index (χ4n) is 1.02. The van der Waals surface area contributed by atoms with Gasteiger partial charge in [-0.1, -0.05) is 13.8 Å². The van der Waals surface area contributed by atoms with Gasteiger partial charge in [0.25, 0.3) is 0 Å². The maximum absolute atomic E-state index is 10.9. The van der Waals surface area contributed by atoms with E-state index in [0.717, 1.165) is 19.1 Å². The van der Waals surface area contributed by atoms with Gasteiger partial charge >= 0.3 is 0 Å².